The molecule has 31 heavy (non-hydrogen) atoms. The number of amides is 3. The first-order chi connectivity index (χ1) is 15.2. The van der Waals surface area contributed by atoms with Gasteiger partial charge in [-0.25, -0.2) is 4.79 Å². The molecule has 3 heterocycles. The second kappa shape index (κ2) is 9.16. The monoisotopic (exact) mass is 447 g/mol. The Bertz CT molecular complexity index is 831. The molecule has 4 atom stereocenters. The van der Waals surface area contributed by atoms with Crippen molar-refractivity contribution >= 4 is 23.7 Å². The largest absolute Gasteiger partial charge is 0.454 e. The molecule has 3 amide bonds. The fourth-order valence-corrected chi connectivity index (χ4v) is 6.21. The van der Waals surface area contributed by atoms with Crippen LogP contribution in [-0.2, 0) is 16.1 Å². The average Bonchev–Trinajstić information content (AvgIpc) is 3.53. The van der Waals surface area contributed by atoms with Crippen LogP contribution in [0.2, 0.25) is 0 Å². The third-order valence-corrected chi connectivity index (χ3v) is 7.85. The molecule has 2 N–H and O–H groups in total. The number of benzene rings is 1. The molecule has 168 valence electrons. The molecule has 5 rings (SSSR count). The number of rotatable bonds is 7. The third kappa shape index (κ3) is 4.57. The van der Waals surface area contributed by atoms with E-state index in [4.69, 9.17) is 14.2 Å². The Hall–Kier alpha value is -2.13. The summed E-state index contributed by atoms with van der Waals surface area (Å²) in [5.74, 6) is 2.12. The van der Waals surface area contributed by atoms with Crippen LogP contribution in [0.5, 0.6) is 11.5 Å². The van der Waals surface area contributed by atoms with Crippen LogP contribution in [-0.4, -0.2) is 60.1 Å². The summed E-state index contributed by atoms with van der Waals surface area (Å²) < 4.78 is 16.4. The van der Waals surface area contributed by atoms with Crippen molar-refractivity contribution in [3.63, 3.8) is 0 Å². The zero-order valence-corrected chi connectivity index (χ0v) is 18.3. The molecule has 4 aliphatic rings. The molecule has 0 bridgehead atoms. The van der Waals surface area contributed by atoms with E-state index in [1.165, 1.54) is 11.8 Å². The van der Waals surface area contributed by atoms with Crippen molar-refractivity contribution in [2.75, 3.05) is 25.7 Å². The predicted octanol–water partition coefficient (Wildman–Crippen LogP) is 2.46. The maximum absolute atomic E-state index is 12.8. The fraction of sp³-hybridized carbons (Fsp3) is 0.636. The summed E-state index contributed by atoms with van der Waals surface area (Å²) in [7, 11) is 0. The maximum atomic E-state index is 12.8. The molecule has 0 radical (unpaired) electrons. The van der Waals surface area contributed by atoms with E-state index in [0.29, 0.717) is 30.5 Å². The van der Waals surface area contributed by atoms with Crippen LogP contribution in [0.3, 0.4) is 0 Å². The first-order valence-electron chi connectivity index (χ1n) is 11.1. The van der Waals surface area contributed by atoms with Crippen LogP contribution in [0.15, 0.2) is 18.2 Å². The minimum Gasteiger partial charge on any atom is -0.454 e. The number of hydrogen-bond acceptors (Lipinski definition) is 6. The number of ether oxygens (including phenoxy) is 3. The van der Waals surface area contributed by atoms with Gasteiger partial charge in [-0.3, -0.25) is 4.79 Å². The van der Waals surface area contributed by atoms with Gasteiger partial charge in [-0.1, -0.05) is 12.5 Å². The lowest BCUT2D eigenvalue weighted by Gasteiger charge is -2.43. The van der Waals surface area contributed by atoms with Crippen LogP contribution in [0, 0.1) is 5.92 Å². The Labute approximate surface area is 186 Å². The highest BCUT2D eigenvalue weighted by atomic mass is 32.2. The van der Waals surface area contributed by atoms with Crippen LogP contribution in [0.1, 0.15) is 37.7 Å². The Morgan fingerprint density at radius 2 is 2.10 bits per heavy atom. The summed E-state index contributed by atoms with van der Waals surface area (Å²) in [5, 5.41) is 6.10. The number of carbonyl (C=O) groups is 2. The lowest BCUT2D eigenvalue weighted by molar-refractivity contribution is -0.118. The van der Waals surface area contributed by atoms with E-state index in [1.807, 2.05) is 23.1 Å². The number of fused-ring (bicyclic) bond motifs is 2. The molecule has 1 aromatic rings. The number of nitrogens with zero attached hydrogens (tertiary/aromatic N) is 1. The topological polar surface area (TPSA) is 89.1 Å². The normalized spacial score (nSPS) is 29.0. The van der Waals surface area contributed by atoms with Gasteiger partial charge >= 0.3 is 6.03 Å². The molecule has 0 aromatic heterocycles. The van der Waals surface area contributed by atoms with Crippen LogP contribution < -0.4 is 20.1 Å². The molecular formula is C22H29N3O5S. The summed E-state index contributed by atoms with van der Waals surface area (Å²) in [4.78, 5) is 27.2. The van der Waals surface area contributed by atoms with E-state index >= 15 is 0 Å². The van der Waals surface area contributed by atoms with Crippen molar-refractivity contribution in [2.24, 2.45) is 5.92 Å². The number of urea groups is 1. The summed E-state index contributed by atoms with van der Waals surface area (Å²) in [6, 6.07) is 5.92. The maximum Gasteiger partial charge on any atom is 0.318 e. The number of thioether (sulfide) groups is 1. The standard InChI is InChI=1S/C22H29N3O5S/c26-20(23-10-14-6-7-18-19(9-14)30-13-29-18)12-31-21-16-4-1-5-17(16)25(22(27)24-21)11-15-3-2-8-28-15/h6-7,9,15-17,21H,1-5,8,10-13H2,(H,23,26)(H,24,27). The molecule has 8 nitrogen and oxygen atoms in total. The molecule has 1 saturated carbocycles. The van der Waals surface area contributed by atoms with Gasteiger partial charge in [0.1, 0.15) is 0 Å². The zero-order chi connectivity index (χ0) is 21.2. The van der Waals surface area contributed by atoms with Gasteiger partial charge in [0, 0.05) is 31.7 Å². The van der Waals surface area contributed by atoms with Gasteiger partial charge in [-0.15, -0.1) is 11.8 Å². The molecule has 1 aliphatic carbocycles. The fourth-order valence-electron chi connectivity index (χ4n) is 5.03. The summed E-state index contributed by atoms with van der Waals surface area (Å²) in [6.07, 6.45) is 5.52. The lowest BCUT2D eigenvalue weighted by atomic mass is 9.99. The van der Waals surface area contributed by atoms with Gasteiger partial charge in [-0.05, 0) is 43.4 Å². The van der Waals surface area contributed by atoms with Crippen molar-refractivity contribution < 1.29 is 23.8 Å². The molecular weight excluding hydrogens is 418 g/mol. The van der Waals surface area contributed by atoms with Crippen molar-refractivity contribution in [3.05, 3.63) is 23.8 Å². The second-order valence-electron chi connectivity index (χ2n) is 8.59. The highest BCUT2D eigenvalue weighted by Crippen LogP contribution is 2.39. The van der Waals surface area contributed by atoms with E-state index in [1.54, 1.807) is 0 Å². The molecule has 4 unspecified atom stereocenters. The van der Waals surface area contributed by atoms with Gasteiger partial charge in [0.15, 0.2) is 11.5 Å². The minimum absolute atomic E-state index is 0.0166. The molecule has 3 fully saturated rings. The van der Waals surface area contributed by atoms with Crippen LogP contribution >= 0.6 is 11.8 Å². The van der Waals surface area contributed by atoms with Crippen molar-refractivity contribution in [3.8, 4) is 11.5 Å². The highest BCUT2D eigenvalue weighted by molar-refractivity contribution is 8.00. The Balaban J connectivity index is 1.11. The van der Waals surface area contributed by atoms with Gasteiger partial charge in [0.25, 0.3) is 0 Å². The van der Waals surface area contributed by atoms with Crippen molar-refractivity contribution in [2.45, 2.75) is 56.2 Å². The van der Waals surface area contributed by atoms with Crippen LogP contribution in [0.25, 0.3) is 0 Å². The Morgan fingerprint density at radius 3 is 2.97 bits per heavy atom. The predicted molar refractivity (Wildman–Crippen MR) is 116 cm³/mol. The second-order valence-corrected chi connectivity index (χ2v) is 9.72. The van der Waals surface area contributed by atoms with Crippen LogP contribution in [0.4, 0.5) is 4.79 Å². The minimum atomic E-state index is -0.0340. The average molecular weight is 448 g/mol. The molecule has 3 aliphatic heterocycles. The van der Waals surface area contributed by atoms with Crippen molar-refractivity contribution in [1.82, 2.24) is 15.5 Å². The number of nitrogens with one attached hydrogen (secondary N) is 2. The Morgan fingerprint density at radius 1 is 1.19 bits per heavy atom. The summed E-state index contributed by atoms with van der Waals surface area (Å²) >= 11 is 1.54. The van der Waals surface area contributed by atoms with Gasteiger partial charge in [-0.2, -0.15) is 0 Å². The smallest absolute Gasteiger partial charge is 0.318 e. The first-order valence-corrected chi connectivity index (χ1v) is 12.2. The quantitative estimate of drug-likeness (QED) is 0.668. The van der Waals surface area contributed by atoms with Crippen molar-refractivity contribution in [1.29, 1.82) is 0 Å². The number of hydrogen-bond donors (Lipinski definition) is 2. The zero-order valence-electron chi connectivity index (χ0n) is 17.5. The summed E-state index contributed by atoms with van der Waals surface area (Å²) in [6.45, 7) is 2.16. The van der Waals surface area contributed by atoms with E-state index in [-0.39, 0.29) is 36.3 Å². The third-order valence-electron chi connectivity index (χ3n) is 6.59. The van der Waals surface area contributed by atoms with Gasteiger partial charge in [0.2, 0.25) is 12.7 Å². The summed E-state index contributed by atoms with van der Waals surface area (Å²) in [5.41, 5.74) is 0.967. The molecule has 9 heteroatoms. The molecule has 1 aromatic carbocycles. The SMILES string of the molecule is O=C(CSC1NC(=O)N(CC2CCCO2)C2CCCC12)NCc1ccc2c(c1)OCO2. The highest BCUT2D eigenvalue weighted by Gasteiger charge is 2.45. The van der Waals surface area contributed by atoms with E-state index in [0.717, 1.165) is 50.0 Å². The van der Waals surface area contributed by atoms with E-state index < -0.39 is 0 Å². The Kier molecular flexibility index (Phi) is 6.13. The molecule has 2 saturated heterocycles. The molecule has 0 spiro atoms. The van der Waals surface area contributed by atoms with Gasteiger partial charge in [0.05, 0.1) is 17.2 Å². The van der Waals surface area contributed by atoms with E-state index in [2.05, 4.69) is 10.6 Å². The van der Waals surface area contributed by atoms with Gasteiger partial charge < -0.3 is 29.7 Å². The number of carbonyl (C=O) groups excluding carboxylic acids is 2. The lowest BCUT2D eigenvalue weighted by Crippen LogP contribution is -2.60. The first kappa shape index (κ1) is 20.8. The van der Waals surface area contributed by atoms with E-state index in [9.17, 15) is 9.59 Å².